The van der Waals surface area contributed by atoms with Crippen LogP contribution in [0.15, 0.2) is 66.7 Å². The quantitative estimate of drug-likeness (QED) is 0.342. The molecule has 0 bridgehead atoms. The molecule has 4 aromatic rings. The zero-order valence-corrected chi connectivity index (χ0v) is 18.7. The summed E-state index contributed by atoms with van der Waals surface area (Å²) in [6, 6.07) is 22.7. The molecule has 0 radical (unpaired) electrons. The molecule has 1 aliphatic carbocycles. The van der Waals surface area contributed by atoms with Gasteiger partial charge in [0.05, 0.1) is 29.6 Å². The van der Waals surface area contributed by atoms with Crippen LogP contribution in [0.25, 0.3) is 34.5 Å². The highest BCUT2D eigenvalue weighted by molar-refractivity contribution is 6.24. The number of aromatic nitrogens is 1. The van der Waals surface area contributed by atoms with Gasteiger partial charge in [0, 0.05) is 16.7 Å². The van der Waals surface area contributed by atoms with Crippen LogP contribution >= 0.6 is 0 Å². The van der Waals surface area contributed by atoms with Gasteiger partial charge in [0.1, 0.15) is 11.8 Å². The van der Waals surface area contributed by atoms with Gasteiger partial charge in [-0.15, -0.1) is 0 Å². The molecule has 0 saturated heterocycles. The summed E-state index contributed by atoms with van der Waals surface area (Å²) in [5.74, 6) is 1.83. The Labute approximate surface area is 201 Å². The average Bonchev–Trinajstić information content (AvgIpc) is 3.49. The Hall–Kier alpha value is -4.89. The third-order valence-electron chi connectivity index (χ3n) is 6.20. The van der Waals surface area contributed by atoms with E-state index >= 15 is 0 Å². The molecule has 1 aliphatic heterocycles. The van der Waals surface area contributed by atoms with Crippen LogP contribution in [0.1, 0.15) is 32.7 Å². The third kappa shape index (κ3) is 3.33. The molecule has 6 heteroatoms. The maximum atomic E-state index is 13.5. The number of benzene rings is 3. The number of methoxy groups -OCH3 is 1. The fraction of sp³-hybridized carbons (Fsp3) is 0.0690. The van der Waals surface area contributed by atoms with Gasteiger partial charge in [0.25, 0.3) is 0 Å². The van der Waals surface area contributed by atoms with E-state index in [1.807, 2.05) is 66.7 Å². The molecule has 1 aromatic heterocycles. The van der Waals surface area contributed by atoms with Gasteiger partial charge in [0.2, 0.25) is 6.79 Å². The molecule has 35 heavy (non-hydrogen) atoms. The van der Waals surface area contributed by atoms with E-state index in [0.717, 1.165) is 16.9 Å². The zero-order chi connectivity index (χ0) is 23.9. The summed E-state index contributed by atoms with van der Waals surface area (Å²) in [6.07, 6.45) is 3.70. The van der Waals surface area contributed by atoms with Crippen LogP contribution in [-0.4, -0.2) is 24.7 Å². The predicted molar refractivity (Wildman–Crippen MR) is 131 cm³/mol. The summed E-state index contributed by atoms with van der Waals surface area (Å²) in [6.45, 7) is 0.137. The van der Waals surface area contributed by atoms with E-state index in [9.17, 15) is 10.1 Å². The fourth-order valence-corrected chi connectivity index (χ4v) is 4.51. The van der Waals surface area contributed by atoms with E-state index in [4.69, 9.17) is 19.2 Å². The summed E-state index contributed by atoms with van der Waals surface area (Å²) >= 11 is 0. The number of hydrogen-bond acceptors (Lipinski definition) is 6. The lowest BCUT2D eigenvalue weighted by Crippen LogP contribution is -2.04. The van der Waals surface area contributed by atoms with Crippen LogP contribution in [0.2, 0.25) is 0 Å². The predicted octanol–water partition coefficient (Wildman–Crippen LogP) is 5.74. The number of fused-ring (bicyclic) bond motifs is 4. The summed E-state index contributed by atoms with van der Waals surface area (Å²) in [7, 11) is 1.62. The third-order valence-corrected chi connectivity index (χ3v) is 6.20. The minimum absolute atomic E-state index is 0.137. The van der Waals surface area contributed by atoms with Crippen LogP contribution in [0.4, 0.5) is 0 Å². The van der Waals surface area contributed by atoms with Crippen LogP contribution in [0.3, 0.4) is 0 Å². The van der Waals surface area contributed by atoms with Gasteiger partial charge in [-0.05, 0) is 41.5 Å². The van der Waals surface area contributed by atoms with Crippen molar-refractivity contribution in [3.05, 3.63) is 94.7 Å². The van der Waals surface area contributed by atoms with Crippen molar-refractivity contribution in [2.45, 2.75) is 0 Å². The van der Waals surface area contributed by atoms with Crippen LogP contribution in [-0.2, 0) is 0 Å². The van der Waals surface area contributed by atoms with Gasteiger partial charge in [0.15, 0.2) is 17.3 Å². The number of nitriles is 1. The highest BCUT2D eigenvalue weighted by Crippen LogP contribution is 2.45. The van der Waals surface area contributed by atoms with Crippen molar-refractivity contribution in [3.63, 3.8) is 0 Å². The van der Waals surface area contributed by atoms with E-state index in [-0.39, 0.29) is 12.6 Å². The highest BCUT2D eigenvalue weighted by Gasteiger charge is 2.34. The summed E-state index contributed by atoms with van der Waals surface area (Å²) in [5.41, 5.74) is 5.34. The number of ketones is 1. The SMILES string of the molecule is COc1ccc(C=Cc2nc3c(c(-c4ccc5c(c4)OCO5)c2C#N)C(=O)c2ccccc2-3)cc1. The highest BCUT2D eigenvalue weighted by atomic mass is 16.7. The lowest BCUT2D eigenvalue weighted by molar-refractivity contribution is 0.104. The van der Waals surface area contributed by atoms with Crippen molar-refractivity contribution >= 4 is 17.9 Å². The second kappa shape index (κ2) is 8.15. The summed E-state index contributed by atoms with van der Waals surface area (Å²) < 4.78 is 16.2. The van der Waals surface area contributed by atoms with Crippen LogP contribution in [0.5, 0.6) is 17.2 Å². The molecule has 0 N–H and O–H groups in total. The van der Waals surface area contributed by atoms with E-state index < -0.39 is 0 Å². The van der Waals surface area contributed by atoms with E-state index in [0.29, 0.717) is 50.7 Å². The maximum absolute atomic E-state index is 13.5. The Morgan fingerprint density at radius 3 is 2.49 bits per heavy atom. The molecule has 3 aromatic carbocycles. The second-order valence-corrected chi connectivity index (χ2v) is 8.13. The topological polar surface area (TPSA) is 81.4 Å². The van der Waals surface area contributed by atoms with Gasteiger partial charge in [-0.3, -0.25) is 4.79 Å². The van der Waals surface area contributed by atoms with Gasteiger partial charge < -0.3 is 14.2 Å². The molecule has 0 spiro atoms. The second-order valence-electron chi connectivity index (χ2n) is 8.13. The molecular weight excluding hydrogens is 440 g/mol. The smallest absolute Gasteiger partial charge is 0.231 e. The Bertz CT molecular complexity index is 1580. The summed E-state index contributed by atoms with van der Waals surface area (Å²) in [4.78, 5) is 18.3. The molecule has 2 aliphatic rings. The Morgan fingerprint density at radius 2 is 1.71 bits per heavy atom. The first kappa shape index (κ1) is 20.7. The largest absolute Gasteiger partial charge is 0.497 e. The normalized spacial score (nSPS) is 13.0. The molecule has 6 nitrogen and oxygen atoms in total. The van der Waals surface area contributed by atoms with Gasteiger partial charge in [-0.2, -0.15) is 5.26 Å². The van der Waals surface area contributed by atoms with Crippen molar-refractivity contribution in [3.8, 4) is 45.7 Å². The van der Waals surface area contributed by atoms with E-state index in [1.165, 1.54) is 0 Å². The first-order chi connectivity index (χ1) is 17.2. The molecule has 0 amide bonds. The number of ether oxygens (including phenoxy) is 3. The van der Waals surface area contributed by atoms with Gasteiger partial charge in [-0.1, -0.05) is 48.5 Å². The van der Waals surface area contributed by atoms with Crippen LogP contribution < -0.4 is 14.2 Å². The fourth-order valence-electron chi connectivity index (χ4n) is 4.51. The molecule has 0 saturated carbocycles. The minimum atomic E-state index is -0.141. The first-order valence-electron chi connectivity index (χ1n) is 11.0. The molecule has 6 rings (SSSR count). The Kier molecular flexibility index (Phi) is 4.82. The number of pyridine rings is 1. The molecule has 168 valence electrons. The minimum Gasteiger partial charge on any atom is -0.497 e. The Morgan fingerprint density at radius 1 is 0.943 bits per heavy atom. The molecule has 2 heterocycles. The average molecular weight is 458 g/mol. The molecule has 0 fully saturated rings. The number of carbonyl (C=O) groups is 1. The van der Waals surface area contributed by atoms with Crippen molar-refractivity contribution in [1.29, 1.82) is 5.26 Å². The zero-order valence-electron chi connectivity index (χ0n) is 18.7. The molecule has 0 unspecified atom stereocenters. The maximum Gasteiger partial charge on any atom is 0.231 e. The monoisotopic (exact) mass is 458 g/mol. The van der Waals surface area contributed by atoms with Gasteiger partial charge in [-0.25, -0.2) is 4.98 Å². The van der Waals surface area contributed by atoms with Crippen molar-refractivity contribution in [2.75, 3.05) is 13.9 Å². The molecular formula is C29H18N2O4. The summed E-state index contributed by atoms with van der Waals surface area (Å²) in [5, 5.41) is 10.2. The number of rotatable bonds is 4. The van der Waals surface area contributed by atoms with E-state index in [1.54, 1.807) is 19.2 Å². The van der Waals surface area contributed by atoms with Crippen molar-refractivity contribution in [1.82, 2.24) is 4.98 Å². The van der Waals surface area contributed by atoms with Crippen molar-refractivity contribution < 1.29 is 19.0 Å². The number of nitrogens with zero attached hydrogens (tertiary/aromatic N) is 2. The number of carbonyl (C=O) groups excluding carboxylic acids is 1. The lowest BCUT2D eigenvalue weighted by atomic mass is 9.91. The van der Waals surface area contributed by atoms with Gasteiger partial charge >= 0.3 is 0 Å². The number of hydrogen-bond donors (Lipinski definition) is 0. The van der Waals surface area contributed by atoms with Crippen LogP contribution in [0, 0.1) is 11.3 Å². The molecule has 0 atom stereocenters. The lowest BCUT2D eigenvalue weighted by Gasteiger charge is -2.13. The van der Waals surface area contributed by atoms with E-state index in [2.05, 4.69) is 6.07 Å². The first-order valence-corrected chi connectivity index (χ1v) is 11.0. The van der Waals surface area contributed by atoms with Crippen molar-refractivity contribution in [2.24, 2.45) is 0 Å². The standard InChI is InChI=1S/C29H18N2O4/c1-33-19-10-6-17(7-11-19)8-12-23-22(15-30)26(18-9-13-24-25(14-18)35-16-34-24)27-28(31-23)20-4-2-3-5-21(20)29(27)32/h2-14H,16H2,1H3. The Balaban J connectivity index is 1.58.